The molecule has 13 nitrogen and oxygen atoms in total. The average molecular weight is 552 g/mol. The van der Waals surface area contributed by atoms with Crippen molar-refractivity contribution in [2.45, 2.75) is 96.7 Å². The average Bonchev–Trinajstić information content (AvgIpc) is 3.66. The number of rotatable bonds is 9. The number of aromatic amines is 1. The summed E-state index contributed by atoms with van der Waals surface area (Å²) in [7, 11) is 0. The SMILES string of the molecule is C/C(=N/[OH2+])C(=N)C1CCCN1c1nc2nc(-c3noc(=O)[nH]3)nc(N[C@H](C)C3CCC3)c2n1CC1CCCCC1. The van der Waals surface area contributed by atoms with Gasteiger partial charge >= 0.3 is 5.76 Å². The molecule has 2 aliphatic carbocycles. The van der Waals surface area contributed by atoms with Crippen LogP contribution in [0.15, 0.2) is 14.5 Å². The summed E-state index contributed by atoms with van der Waals surface area (Å²) in [6.45, 7) is 5.46. The third-order valence-corrected chi connectivity index (χ3v) is 9.02. The van der Waals surface area contributed by atoms with Crippen molar-refractivity contribution >= 4 is 34.4 Å². The zero-order chi connectivity index (χ0) is 27.8. The quantitative estimate of drug-likeness (QED) is 0.206. The molecule has 214 valence electrons. The predicted octanol–water partition coefficient (Wildman–Crippen LogP) is 3.44. The van der Waals surface area contributed by atoms with Crippen molar-refractivity contribution in [1.82, 2.24) is 29.7 Å². The zero-order valence-corrected chi connectivity index (χ0v) is 23.2. The molecule has 3 aromatic rings. The first kappa shape index (κ1) is 26.5. The van der Waals surface area contributed by atoms with Gasteiger partial charge in [0.1, 0.15) is 11.2 Å². The maximum absolute atomic E-state index is 11.7. The van der Waals surface area contributed by atoms with Crippen LogP contribution in [-0.2, 0) is 6.54 Å². The van der Waals surface area contributed by atoms with Gasteiger partial charge in [0.25, 0.3) is 0 Å². The molecule has 1 saturated heterocycles. The Bertz CT molecular complexity index is 1460. The largest absolute Gasteiger partial charge is 0.469 e. The topological polar surface area (TPSA) is 177 Å². The lowest BCUT2D eigenvalue weighted by Gasteiger charge is -2.32. The molecular formula is C27H39N10O3+. The molecule has 4 heterocycles. The van der Waals surface area contributed by atoms with Crippen molar-refractivity contribution in [2.75, 3.05) is 16.8 Å². The van der Waals surface area contributed by atoms with Gasteiger partial charge < -0.3 is 25.4 Å². The molecule has 1 unspecified atom stereocenters. The molecular weight excluding hydrogens is 512 g/mol. The fourth-order valence-corrected chi connectivity index (χ4v) is 6.46. The van der Waals surface area contributed by atoms with E-state index in [9.17, 15) is 4.79 Å². The van der Waals surface area contributed by atoms with E-state index in [1.807, 2.05) is 0 Å². The molecule has 6 rings (SSSR count). The van der Waals surface area contributed by atoms with Crippen molar-refractivity contribution in [1.29, 1.82) is 5.41 Å². The summed E-state index contributed by atoms with van der Waals surface area (Å²) in [4.78, 5) is 31.2. The third-order valence-electron chi connectivity index (χ3n) is 9.02. The second-order valence-electron chi connectivity index (χ2n) is 11.6. The lowest BCUT2D eigenvalue weighted by Crippen LogP contribution is -2.40. The van der Waals surface area contributed by atoms with Gasteiger partial charge in [-0.2, -0.15) is 4.98 Å². The van der Waals surface area contributed by atoms with Crippen molar-refractivity contribution in [3.8, 4) is 11.6 Å². The second-order valence-corrected chi connectivity index (χ2v) is 11.6. The summed E-state index contributed by atoms with van der Waals surface area (Å²) < 4.78 is 7.01. The van der Waals surface area contributed by atoms with Crippen LogP contribution in [-0.4, -0.2) is 64.9 Å². The summed E-state index contributed by atoms with van der Waals surface area (Å²) in [5.74, 6) is 2.29. The smallest absolute Gasteiger partial charge is 0.439 e. The molecule has 3 aromatic heterocycles. The van der Waals surface area contributed by atoms with E-state index in [2.05, 4.69) is 37.0 Å². The highest BCUT2D eigenvalue weighted by atomic mass is 16.5. The van der Waals surface area contributed by atoms with Crippen LogP contribution >= 0.6 is 0 Å². The Kier molecular flexibility index (Phi) is 7.28. The molecule has 40 heavy (non-hydrogen) atoms. The maximum Gasteiger partial charge on any atom is 0.439 e. The number of aromatic nitrogens is 6. The number of fused-ring (bicyclic) bond motifs is 1. The van der Waals surface area contributed by atoms with Crippen LogP contribution in [0.25, 0.3) is 22.8 Å². The number of nitrogens with one attached hydrogen (secondary N) is 3. The molecule has 0 bridgehead atoms. The van der Waals surface area contributed by atoms with E-state index in [1.165, 1.54) is 51.4 Å². The van der Waals surface area contributed by atoms with Crippen molar-refractivity contribution in [3.05, 3.63) is 10.6 Å². The number of nitrogens with zero attached hydrogens (tertiary/aromatic N) is 7. The Morgan fingerprint density at radius 2 is 1.95 bits per heavy atom. The molecule has 0 radical (unpaired) electrons. The van der Waals surface area contributed by atoms with Gasteiger partial charge in [0.2, 0.25) is 17.6 Å². The van der Waals surface area contributed by atoms with E-state index in [0.717, 1.165) is 37.4 Å². The van der Waals surface area contributed by atoms with Gasteiger partial charge in [-0.05, 0) is 64.2 Å². The summed E-state index contributed by atoms with van der Waals surface area (Å²) in [6, 6.07) is 0.00168. The van der Waals surface area contributed by atoms with E-state index in [0.29, 0.717) is 34.7 Å². The van der Waals surface area contributed by atoms with Gasteiger partial charge in [-0.25, -0.2) is 14.8 Å². The van der Waals surface area contributed by atoms with Crippen molar-refractivity contribution in [3.63, 3.8) is 0 Å². The zero-order valence-electron chi connectivity index (χ0n) is 23.2. The first-order chi connectivity index (χ1) is 19.4. The van der Waals surface area contributed by atoms with Gasteiger partial charge in [0.15, 0.2) is 11.5 Å². The van der Waals surface area contributed by atoms with Crippen LogP contribution in [0.3, 0.4) is 0 Å². The number of hydrogen-bond acceptors (Lipinski definition) is 10. The highest BCUT2D eigenvalue weighted by Crippen LogP contribution is 2.37. The van der Waals surface area contributed by atoms with Crippen LogP contribution < -0.4 is 16.0 Å². The summed E-state index contributed by atoms with van der Waals surface area (Å²) in [5.41, 5.74) is 2.13. The summed E-state index contributed by atoms with van der Waals surface area (Å²) >= 11 is 0. The van der Waals surface area contributed by atoms with Crippen LogP contribution in [0.2, 0.25) is 0 Å². The first-order valence-corrected chi connectivity index (χ1v) is 14.6. The first-order valence-electron chi connectivity index (χ1n) is 14.6. The molecule has 5 N–H and O–H groups in total. The Hall–Kier alpha value is -3.77. The Labute approximate surface area is 232 Å². The molecule has 0 aromatic carbocycles. The van der Waals surface area contributed by atoms with Gasteiger partial charge in [-0.3, -0.25) is 9.51 Å². The Morgan fingerprint density at radius 3 is 2.62 bits per heavy atom. The summed E-state index contributed by atoms with van der Waals surface area (Å²) in [6.07, 6.45) is 11.4. The molecule has 3 aliphatic rings. The number of hydrogen-bond donors (Lipinski definition) is 3. The van der Waals surface area contributed by atoms with Gasteiger partial charge in [-0.1, -0.05) is 30.8 Å². The second kappa shape index (κ2) is 11.0. The predicted molar refractivity (Wildman–Crippen MR) is 153 cm³/mol. The van der Waals surface area contributed by atoms with Crippen molar-refractivity contribution in [2.24, 2.45) is 17.0 Å². The standard InChI is InChI=1S/C27H38N10O3/c1-15(18-10-6-11-18)29-22-21-23(31-24(30-22)25-33-27(38)40-35-25)32-26(37(21)14-17-8-4-3-5-9-17)36-13-7-12-19(36)20(28)16(2)34-39/h15,17-19,28,39H,3-14H2,1-2H3,(H,29,30,31)(H,33,35,38)/p+1/b28-20?,34-16-/t15-,19?/m1/s1. The summed E-state index contributed by atoms with van der Waals surface area (Å²) in [5, 5.41) is 27.3. The molecule has 3 fully saturated rings. The van der Waals surface area contributed by atoms with E-state index < -0.39 is 5.76 Å². The highest BCUT2D eigenvalue weighted by molar-refractivity contribution is 6.42. The Balaban J connectivity index is 1.50. The minimum Gasteiger partial charge on any atom is -0.469 e. The highest BCUT2D eigenvalue weighted by Gasteiger charge is 2.35. The molecule has 2 saturated carbocycles. The van der Waals surface area contributed by atoms with Gasteiger partial charge in [0.05, 0.1) is 16.9 Å². The number of anilines is 2. The van der Waals surface area contributed by atoms with Crippen LogP contribution in [0, 0.1) is 17.2 Å². The lowest BCUT2D eigenvalue weighted by molar-refractivity contribution is 0.285. The van der Waals surface area contributed by atoms with Gasteiger partial charge in [0, 0.05) is 19.1 Å². The molecule has 1 aliphatic heterocycles. The fourth-order valence-electron chi connectivity index (χ4n) is 6.46. The van der Waals surface area contributed by atoms with Crippen molar-refractivity contribution < 1.29 is 9.73 Å². The fraction of sp³-hybridized carbons (Fsp3) is 0.667. The van der Waals surface area contributed by atoms with Crippen LogP contribution in [0.5, 0.6) is 0 Å². The number of imidazole rings is 1. The van der Waals surface area contributed by atoms with E-state index in [-0.39, 0.29) is 23.7 Å². The third kappa shape index (κ3) is 4.97. The van der Waals surface area contributed by atoms with E-state index in [1.54, 1.807) is 6.92 Å². The van der Waals surface area contributed by atoms with Crippen LogP contribution in [0.4, 0.5) is 11.8 Å². The van der Waals surface area contributed by atoms with E-state index >= 15 is 0 Å². The molecule has 0 spiro atoms. The molecule has 0 amide bonds. The van der Waals surface area contributed by atoms with E-state index in [4.69, 9.17) is 30.1 Å². The lowest BCUT2D eigenvalue weighted by atomic mass is 9.80. The van der Waals surface area contributed by atoms with Crippen LogP contribution in [0.1, 0.15) is 78.1 Å². The maximum atomic E-state index is 11.7. The minimum absolute atomic E-state index is 0.165. The molecule has 2 atom stereocenters. The molecule has 13 heteroatoms. The normalized spacial score (nSPS) is 21.6. The number of H-pyrrole nitrogens is 1. The monoisotopic (exact) mass is 551 g/mol. The van der Waals surface area contributed by atoms with Gasteiger partial charge in [-0.15, -0.1) is 0 Å². The Morgan fingerprint density at radius 1 is 1.15 bits per heavy atom. The minimum atomic E-state index is -0.663.